The molecule has 1 aromatic carbocycles. The lowest BCUT2D eigenvalue weighted by Gasteiger charge is -2.46. The van der Waals surface area contributed by atoms with E-state index < -0.39 is 5.97 Å². The molecule has 3 aliphatic carbocycles. The van der Waals surface area contributed by atoms with Crippen molar-refractivity contribution in [3.8, 4) is 0 Å². The van der Waals surface area contributed by atoms with Crippen LogP contribution >= 0.6 is 0 Å². The van der Waals surface area contributed by atoms with Gasteiger partial charge in [-0.05, 0) is 49.0 Å². The molecule has 0 heterocycles. The van der Waals surface area contributed by atoms with Crippen LogP contribution in [0.25, 0.3) is 0 Å². The molecule has 0 aromatic heterocycles. The number of benzene rings is 1. The van der Waals surface area contributed by atoms with Gasteiger partial charge in [0.15, 0.2) is 0 Å². The van der Waals surface area contributed by atoms with Crippen molar-refractivity contribution in [1.29, 1.82) is 0 Å². The maximum atomic E-state index is 11.3. The van der Waals surface area contributed by atoms with Crippen LogP contribution in [0.2, 0.25) is 0 Å². The number of aliphatic carboxylic acids is 1. The van der Waals surface area contributed by atoms with E-state index in [4.69, 9.17) is 0 Å². The first-order valence-electron chi connectivity index (χ1n) is 7.01. The number of carbonyl (C=O) groups is 1. The van der Waals surface area contributed by atoms with E-state index in [1.807, 2.05) is 6.07 Å². The largest absolute Gasteiger partial charge is 0.481 e. The average Bonchev–Trinajstić information content (AvgIpc) is 2.40. The molecule has 4 atom stereocenters. The van der Waals surface area contributed by atoms with Crippen LogP contribution in [-0.4, -0.2) is 11.1 Å². The van der Waals surface area contributed by atoms with Crippen molar-refractivity contribution in [2.24, 2.45) is 23.7 Å². The van der Waals surface area contributed by atoms with Crippen LogP contribution in [0.4, 0.5) is 0 Å². The van der Waals surface area contributed by atoms with E-state index in [1.165, 1.54) is 18.4 Å². The Morgan fingerprint density at radius 1 is 1.17 bits per heavy atom. The minimum Gasteiger partial charge on any atom is -0.481 e. The summed E-state index contributed by atoms with van der Waals surface area (Å²) >= 11 is 0. The number of fused-ring (bicyclic) bond motifs is 3. The molecule has 2 bridgehead atoms. The van der Waals surface area contributed by atoms with Gasteiger partial charge in [0, 0.05) is 0 Å². The summed E-state index contributed by atoms with van der Waals surface area (Å²) in [6.45, 7) is 0. The Bertz CT molecular complexity index is 426. The molecule has 0 aliphatic heterocycles. The van der Waals surface area contributed by atoms with E-state index in [2.05, 4.69) is 24.3 Å². The molecule has 0 amide bonds. The molecule has 3 fully saturated rings. The quantitative estimate of drug-likeness (QED) is 0.885. The van der Waals surface area contributed by atoms with Gasteiger partial charge in [-0.1, -0.05) is 36.8 Å². The molecule has 0 spiro atoms. The second kappa shape index (κ2) is 4.75. The fourth-order valence-electron chi connectivity index (χ4n) is 4.10. The second-order valence-corrected chi connectivity index (χ2v) is 5.97. The van der Waals surface area contributed by atoms with Crippen LogP contribution < -0.4 is 0 Å². The molecule has 2 heteroatoms. The lowest BCUT2D eigenvalue weighted by Crippen LogP contribution is -2.42. The molecule has 1 aromatic rings. The number of carboxylic acid groups (broad SMARTS) is 1. The average molecular weight is 244 g/mol. The number of hydrogen-bond donors (Lipinski definition) is 1. The standard InChI is InChI=1S/C16H20O2/c17-16(18)15-10-12-6-7-14(15)13(9-12)8-11-4-2-1-3-5-11/h1-5,12-15H,6-10H2,(H,17,18). The third-order valence-electron chi connectivity index (χ3n) is 4.91. The monoisotopic (exact) mass is 244 g/mol. The SMILES string of the molecule is O=C(O)C1CC2CCC1C(Cc1ccccc1)C2. The summed E-state index contributed by atoms with van der Waals surface area (Å²) in [5.74, 6) is 1.01. The van der Waals surface area contributed by atoms with E-state index in [0.717, 1.165) is 19.3 Å². The van der Waals surface area contributed by atoms with Gasteiger partial charge in [0.2, 0.25) is 0 Å². The summed E-state index contributed by atoms with van der Waals surface area (Å²) in [6.07, 6.45) is 5.60. The highest BCUT2D eigenvalue weighted by Crippen LogP contribution is 2.49. The summed E-state index contributed by atoms with van der Waals surface area (Å²) < 4.78 is 0. The molecule has 0 saturated heterocycles. The Hall–Kier alpha value is -1.31. The highest BCUT2D eigenvalue weighted by Gasteiger charge is 2.44. The zero-order chi connectivity index (χ0) is 12.5. The van der Waals surface area contributed by atoms with Gasteiger partial charge in [-0.2, -0.15) is 0 Å². The minimum absolute atomic E-state index is 0.0776. The smallest absolute Gasteiger partial charge is 0.306 e. The molecule has 1 N–H and O–H groups in total. The molecular formula is C16H20O2. The minimum atomic E-state index is -0.567. The number of carboxylic acids is 1. The van der Waals surface area contributed by atoms with Gasteiger partial charge in [0.25, 0.3) is 0 Å². The van der Waals surface area contributed by atoms with Crippen LogP contribution in [0, 0.1) is 23.7 Å². The summed E-state index contributed by atoms with van der Waals surface area (Å²) in [5.41, 5.74) is 1.36. The van der Waals surface area contributed by atoms with E-state index in [9.17, 15) is 9.90 Å². The van der Waals surface area contributed by atoms with Crippen molar-refractivity contribution < 1.29 is 9.90 Å². The zero-order valence-electron chi connectivity index (χ0n) is 10.6. The number of hydrogen-bond acceptors (Lipinski definition) is 1. The van der Waals surface area contributed by atoms with E-state index in [0.29, 0.717) is 17.8 Å². The fourth-order valence-corrected chi connectivity index (χ4v) is 4.10. The van der Waals surface area contributed by atoms with Crippen LogP contribution in [0.3, 0.4) is 0 Å². The topological polar surface area (TPSA) is 37.3 Å². The predicted molar refractivity (Wildman–Crippen MR) is 70.2 cm³/mol. The third-order valence-corrected chi connectivity index (χ3v) is 4.91. The van der Waals surface area contributed by atoms with Gasteiger partial charge >= 0.3 is 5.97 Å². The van der Waals surface area contributed by atoms with Crippen LogP contribution in [0.5, 0.6) is 0 Å². The Morgan fingerprint density at radius 3 is 2.61 bits per heavy atom. The Balaban J connectivity index is 1.75. The Labute approximate surface area is 108 Å². The van der Waals surface area contributed by atoms with Gasteiger partial charge in [0.05, 0.1) is 5.92 Å². The van der Waals surface area contributed by atoms with Crippen molar-refractivity contribution >= 4 is 5.97 Å². The summed E-state index contributed by atoms with van der Waals surface area (Å²) in [7, 11) is 0. The van der Waals surface area contributed by atoms with Crippen molar-refractivity contribution in [3.05, 3.63) is 35.9 Å². The summed E-state index contributed by atoms with van der Waals surface area (Å²) in [4.78, 5) is 11.3. The highest BCUT2D eigenvalue weighted by molar-refractivity contribution is 5.70. The van der Waals surface area contributed by atoms with Gasteiger partial charge in [0.1, 0.15) is 0 Å². The Morgan fingerprint density at radius 2 is 1.94 bits per heavy atom. The van der Waals surface area contributed by atoms with E-state index in [1.54, 1.807) is 0 Å². The van der Waals surface area contributed by atoms with Gasteiger partial charge in [-0.25, -0.2) is 0 Å². The molecule has 4 rings (SSSR count). The first-order valence-corrected chi connectivity index (χ1v) is 7.01. The maximum Gasteiger partial charge on any atom is 0.306 e. The molecule has 2 nitrogen and oxygen atoms in total. The molecule has 18 heavy (non-hydrogen) atoms. The maximum absolute atomic E-state index is 11.3. The second-order valence-electron chi connectivity index (χ2n) is 5.97. The Kier molecular flexibility index (Phi) is 3.11. The molecule has 0 radical (unpaired) electrons. The normalized spacial score (nSPS) is 34.4. The predicted octanol–water partition coefficient (Wildman–Crippen LogP) is 3.37. The van der Waals surface area contributed by atoms with Crippen LogP contribution in [0.15, 0.2) is 30.3 Å². The fraction of sp³-hybridized carbons (Fsp3) is 0.562. The van der Waals surface area contributed by atoms with Crippen molar-refractivity contribution in [2.75, 3.05) is 0 Å². The van der Waals surface area contributed by atoms with E-state index in [-0.39, 0.29) is 5.92 Å². The zero-order valence-corrected chi connectivity index (χ0v) is 10.6. The van der Waals surface area contributed by atoms with Crippen molar-refractivity contribution in [1.82, 2.24) is 0 Å². The van der Waals surface area contributed by atoms with Crippen LogP contribution in [-0.2, 0) is 11.2 Å². The summed E-state index contributed by atoms with van der Waals surface area (Å²) in [6, 6.07) is 10.5. The van der Waals surface area contributed by atoms with Crippen LogP contribution in [0.1, 0.15) is 31.2 Å². The van der Waals surface area contributed by atoms with E-state index >= 15 is 0 Å². The van der Waals surface area contributed by atoms with Crippen molar-refractivity contribution in [2.45, 2.75) is 32.1 Å². The van der Waals surface area contributed by atoms with Crippen molar-refractivity contribution in [3.63, 3.8) is 0 Å². The first kappa shape index (κ1) is 11.8. The third kappa shape index (κ3) is 2.16. The first-order chi connectivity index (χ1) is 8.74. The summed E-state index contributed by atoms with van der Waals surface area (Å²) in [5, 5.41) is 9.34. The lowest BCUT2D eigenvalue weighted by atomic mass is 9.58. The van der Waals surface area contributed by atoms with Gasteiger partial charge in [-0.3, -0.25) is 4.79 Å². The van der Waals surface area contributed by atoms with Gasteiger partial charge in [-0.15, -0.1) is 0 Å². The lowest BCUT2D eigenvalue weighted by molar-refractivity contribution is -0.149. The highest BCUT2D eigenvalue weighted by atomic mass is 16.4. The molecular weight excluding hydrogens is 224 g/mol. The molecule has 96 valence electrons. The molecule has 3 aliphatic rings. The molecule has 3 saturated carbocycles. The van der Waals surface area contributed by atoms with Gasteiger partial charge < -0.3 is 5.11 Å². The molecule has 4 unspecified atom stereocenters. The number of rotatable bonds is 3.